The highest BCUT2D eigenvalue weighted by atomic mass is 32.2. The van der Waals surface area contributed by atoms with E-state index in [1.165, 1.54) is 11.8 Å². The van der Waals surface area contributed by atoms with Crippen LogP contribution in [0.25, 0.3) is 0 Å². The fraction of sp³-hybridized carbons (Fsp3) is 0.448. The molecule has 0 unspecified atom stereocenters. The van der Waals surface area contributed by atoms with Gasteiger partial charge in [-0.05, 0) is 60.9 Å². The molecule has 0 bridgehead atoms. The van der Waals surface area contributed by atoms with E-state index in [1.54, 1.807) is 11.8 Å². The summed E-state index contributed by atoms with van der Waals surface area (Å²) in [6.07, 6.45) is 4.76. The number of amides is 1. The van der Waals surface area contributed by atoms with E-state index in [2.05, 4.69) is 34.9 Å². The van der Waals surface area contributed by atoms with Crippen LogP contribution in [0.5, 0.6) is 5.75 Å². The smallest absolute Gasteiger partial charge is 0.370 e. The van der Waals surface area contributed by atoms with E-state index in [4.69, 9.17) is 4.74 Å². The number of benzene rings is 2. The van der Waals surface area contributed by atoms with Crippen LogP contribution in [0.4, 0.5) is 21.5 Å². The molecule has 1 aliphatic rings. The summed E-state index contributed by atoms with van der Waals surface area (Å²) in [6.45, 7) is 10.9. The molecule has 1 aliphatic heterocycles. The van der Waals surface area contributed by atoms with Gasteiger partial charge >= 0.3 is 5.97 Å². The minimum atomic E-state index is -1.10. The molecule has 0 saturated carbocycles. The van der Waals surface area contributed by atoms with E-state index < -0.39 is 17.2 Å². The number of halogens is 1. The molecule has 0 aliphatic carbocycles. The van der Waals surface area contributed by atoms with Gasteiger partial charge in [-0.3, -0.25) is 4.79 Å². The summed E-state index contributed by atoms with van der Waals surface area (Å²) >= 11 is 3.25. The maximum atomic E-state index is 14.0. The number of rotatable bonds is 8. The maximum Gasteiger partial charge on any atom is 0.370 e. The van der Waals surface area contributed by atoms with E-state index >= 15 is 0 Å². The van der Waals surface area contributed by atoms with Crippen LogP contribution in [-0.2, 0) is 14.3 Å². The largest absolute Gasteiger partial charge is 0.464 e. The molecule has 2 aromatic rings. The predicted octanol–water partition coefficient (Wildman–Crippen LogP) is 7.81. The topological polar surface area (TPSA) is 67.9 Å². The van der Waals surface area contributed by atoms with Gasteiger partial charge in [-0.2, -0.15) is 4.39 Å². The third-order valence-corrected chi connectivity index (χ3v) is 9.00. The molecule has 0 aromatic heterocycles. The molecule has 0 fully saturated rings. The van der Waals surface area contributed by atoms with E-state index in [0.717, 1.165) is 65.4 Å². The van der Waals surface area contributed by atoms with Crippen LogP contribution >= 0.6 is 23.5 Å². The third-order valence-electron chi connectivity index (χ3n) is 6.85. The molecule has 0 saturated heterocycles. The number of thioether (sulfide) groups is 2. The second-order valence-electron chi connectivity index (χ2n) is 10.4. The van der Waals surface area contributed by atoms with Gasteiger partial charge in [0.2, 0.25) is 11.7 Å². The Bertz CT molecular complexity index is 1190. The number of carbonyl (C=O) groups excluding carboxylic acids is 2. The highest BCUT2D eigenvalue weighted by Gasteiger charge is 2.34. The van der Waals surface area contributed by atoms with E-state index in [1.807, 2.05) is 57.4 Å². The minimum Gasteiger partial charge on any atom is -0.464 e. The zero-order valence-electron chi connectivity index (χ0n) is 23.1. The number of fused-ring (bicyclic) bond motifs is 1. The summed E-state index contributed by atoms with van der Waals surface area (Å²) in [5, 5.41) is 2.99. The summed E-state index contributed by atoms with van der Waals surface area (Å²) in [5.74, 6) is -0.813. The van der Waals surface area contributed by atoms with Crippen LogP contribution in [-0.4, -0.2) is 37.5 Å². The lowest BCUT2D eigenvalue weighted by Crippen LogP contribution is -2.35. The molecular formula is C29H37FN2O4S2. The van der Waals surface area contributed by atoms with Gasteiger partial charge in [0.15, 0.2) is 0 Å². The van der Waals surface area contributed by atoms with Crippen molar-refractivity contribution in [3.8, 4) is 5.75 Å². The van der Waals surface area contributed by atoms with Crippen LogP contribution in [0.3, 0.4) is 0 Å². The Balaban J connectivity index is 2.03. The zero-order valence-corrected chi connectivity index (χ0v) is 24.8. The van der Waals surface area contributed by atoms with Crippen LogP contribution in [0, 0.1) is 10.8 Å². The Kier molecular flexibility index (Phi) is 9.81. The standard InChI is InChI=1S/C29H37FN2O4S2/c1-8-29(9-2)17-32(20-12-10-19(11-13-20)31-27(34)28(3,4)5)22-14-25(37-7)23(15-24(22)38-18-29)36-16-21(30)26(33)35-6/h10-16H,8-9,17-18H2,1-7H3,(H,31,34)/b21-16-. The first-order valence-corrected chi connectivity index (χ1v) is 14.8. The molecule has 6 nitrogen and oxygen atoms in total. The molecule has 3 rings (SSSR count). The molecule has 1 heterocycles. The number of hydrogen-bond acceptors (Lipinski definition) is 7. The Morgan fingerprint density at radius 1 is 1.18 bits per heavy atom. The summed E-state index contributed by atoms with van der Waals surface area (Å²) in [5.41, 5.74) is 2.42. The summed E-state index contributed by atoms with van der Waals surface area (Å²) in [4.78, 5) is 28.1. The molecule has 9 heteroatoms. The van der Waals surface area contributed by atoms with Crippen molar-refractivity contribution in [1.29, 1.82) is 0 Å². The maximum absolute atomic E-state index is 14.0. The molecule has 1 amide bonds. The second-order valence-corrected chi connectivity index (χ2v) is 12.2. The number of ether oxygens (including phenoxy) is 2. The van der Waals surface area contributed by atoms with Crippen molar-refractivity contribution < 1.29 is 23.5 Å². The number of esters is 1. The van der Waals surface area contributed by atoms with Crippen LogP contribution in [0.2, 0.25) is 0 Å². The Morgan fingerprint density at radius 2 is 1.84 bits per heavy atom. The number of hydrogen-bond donors (Lipinski definition) is 1. The van der Waals surface area contributed by atoms with Crippen molar-refractivity contribution >= 4 is 52.5 Å². The lowest BCUT2D eigenvalue weighted by Gasteiger charge is -2.36. The first kappa shape index (κ1) is 29.9. The van der Waals surface area contributed by atoms with Gasteiger partial charge in [0.05, 0.1) is 17.7 Å². The Labute approximate surface area is 233 Å². The molecule has 2 aromatic carbocycles. The minimum absolute atomic E-state index is 0.0346. The molecule has 0 atom stereocenters. The van der Waals surface area contributed by atoms with Crippen LogP contribution < -0.4 is 15.0 Å². The van der Waals surface area contributed by atoms with Gasteiger partial charge in [0.25, 0.3) is 0 Å². The molecule has 1 N–H and O–H groups in total. The summed E-state index contributed by atoms with van der Waals surface area (Å²) in [6, 6.07) is 11.9. The first-order chi connectivity index (χ1) is 18.0. The van der Waals surface area contributed by atoms with Gasteiger partial charge < -0.3 is 19.7 Å². The first-order valence-electron chi connectivity index (χ1n) is 12.6. The molecule has 0 radical (unpaired) electrons. The monoisotopic (exact) mass is 560 g/mol. The van der Waals surface area contributed by atoms with E-state index in [9.17, 15) is 14.0 Å². The molecule has 38 heavy (non-hydrogen) atoms. The number of nitrogens with zero attached hydrogens (tertiary/aromatic N) is 1. The van der Waals surface area contributed by atoms with Crippen molar-refractivity contribution in [3.63, 3.8) is 0 Å². The predicted molar refractivity (Wildman–Crippen MR) is 155 cm³/mol. The van der Waals surface area contributed by atoms with Gasteiger partial charge in [0, 0.05) is 34.0 Å². The second kappa shape index (κ2) is 12.5. The highest BCUT2D eigenvalue weighted by Crippen LogP contribution is 2.49. The number of methoxy groups -OCH3 is 1. The lowest BCUT2D eigenvalue weighted by atomic mass is 9.83. The summed E-state index contributed by atoms with van der Waals surface area (Å²) in [7, 11) is 1.12. The van der Waals surface area contributed by atoms with Crippen molar-refractivity contribution in [2.45, 2.75) is 57.3 Å². The fourth-order valence-corrected chi connectivity index (χ4v) is 6.02. The van der Waals surface area contributed by atoms with Crippen molar-refractivity contribution in [3.05, 3.63) is 48.5 Å². The highest BCUT2D eigenvalue weighted by molar-refractivity contribution is 7.99. The molecule has 206 valence electrons. The number of carbonyl (C=O) groups is 2. The van der Waals surface area contributed by atoms with Gasteiger partial charge in [-0.1, -0.05) is 34.6 Å². The van der Waals surface area contributed by atoms with Crippen LogP contribution in [0.1, 0.15) is 47.5 Å². The third kappa shape index (κ3) is 6.86. The zero-order chi connectivity index (χ0) is 28.1. The van der Waals surface area contributed by atoms with Crippen molar-refractivity contribution in [2.24, 2.45) is 10.8 Å². The van der Waals surface area contributed by atoms with Crippen molar-refractivity contribution in [2.75, 3.05) is 35.9 Å². The van der Waals surface area contributed by atoms with Crippen molar-refractivity contribution in [1.82, 2.24) is 0 Å². The SMILES string of the molecule is CCC1(CC)CSc2cc(O/C=C(\F)C(=O)OC)c(SC)cc2N(c2ccc(NC(=O)C(C)(C)C)cc2)C1. The lowest BCUT2D eigenvalue weighted by molar-refractivity contribution is -0.137. The van der Waals surface area contributed by atoms with E-state index in [-0.39, 0.29) is 11.3 Å². The fourth-order valence-electron chi connectivity index (χ4n) is 4.02. The Hall–Kier alpha value is -2.65. The average Bonchev–Trinajstić information content (AvgIpc) is 3.07. The average molecular weight is 561 g/mol. The van der Waals surface area contributed by atoms with Gasteiger partial charge in [0.1, 0.15) is 12.0 Å². The molecule has 0 spiro atoms. The van der Waals surface area contributed by atoms with Gasteiger partial charge in [-0.25, -0.2) is 4.79 Å². The molecular weight excluding hydrogens is 523 g/mol. The Morgan fingerprint density at radius 3 is 2.39 bits per heavy atom. The van der Waals surface area contributed by atoms with E-state index in [0.29, 0.717) is 5.75 Å². The number of anilines is 3. The number of nitrogens with one attached hydrogen (secondary N) is 1. The quantitative estimate of drug-likeness (QED) is 0.153. The summed E-state index contributed by atoms with van der Waals surface area (Å²) < 4.78 is 24.0. The van der Waals surface area contributed by atoms with Crippen LogP contribution in [0.15, 0.2) is 58.3 Å². The van der Waals surface area contributed by atoms with Gasteiger partial charge in [-0.15, -0.1) is 23.5 Å². The normalized spacial score (nSPS) is 15.4.